The lowest BCUT2D eigenvalue weighted by atomic mass is 9.95. The summed E-state index contributed by atoms with van der Waals surface area (Å²) >= 11 is 0. The van der Waals surface area contributed by atoms with E-state index in [-0.39, 0.29) is 25.4 Å². The molecule has 0 amide bonds. The van der Waals surface area contributed by atoms with Crippen molar-refractivity contribution in [2.75, 3.05) is 18.1 Å². The molecule has 47 heavy (non-hydrogen) atoms. The third-order valence-electron chi connectivity index (χ3n) is 7.14. The van der Waals surface area contributed by atoms with Gasteiger partial charge in [-0.25, -0.2) is 4.79 Å². The molecule has 0 fully saturated rings. The van der Waals surface area contributed by atoms with Crippen molar-refractivity contribution >= 4 is 23.4 Å². The predicted octanol–water partition coefficient (Wildman–Crippen LogP) is 9.21. The fourth-order valence-corrected chi connectivity index (χ4v) is 4.74. The number of aryl methyl sites for hydroxylation is 1. The molecule has 0 aliphatic carbocycles. The minimum absolute atomic E-state index is 0.0112. The van der Waals surface area contributed by atoms with Gasteiger partial charge in [-0.05, 0) is 121 Å². The Labute approximate surface area is 269 Å². The van der Waals surface area contributed by atoms with E-state index in [0.29, 0.717) is 35.5 Å². The molecule has 0 saturated heterocycles. The molecule has 11 heteroatoms. The van der Waals surface area contributed by atoms with Crippen molar-refractivity contribution in [2.24, 2.45) is 0 Å². The van der Waals surface area contributed by atoms with Crippen molar-refractivity contribution in [1.82, 2.24) is 0 Å². The summed E-state index contributed by atoms with van der Waals surface area (Å²) in [5.41, 5.74) is 16.7. The third kappa shape index (κ3) is 10.8. The van der Waals surface area contributed by atoms with Crippen molar-refractivity contribution in [1.29, 1.82) is 0 Å². The van der Waals surface area contributed by atoms with E-state index in [4.69, 9.17) is 25.7 Å². The van der Waals surface area contributed by atoms with Crippen LogP contribution in [0.2, 0.25) is 0 Å². The molecule has 0 atom stereocenters. The second-order valence-corrected chi connectivity index (χ2v) is 10.9. The SMILES string of the molecule is Cc1cc(N)ccc1-c1ccc(N)cc1COC(=O)/C=C/c1ccc(OC(F)(F)c2ccc(OCCCCCC(F)(F)F)cc2)cc1. The third-order valence-corrected chi connectivity index (χ3v) is 7.14. The number of carbonyl (C=O) groups is 1. The molecule has 0 aliphatic rings. The van der Waals surface area contributed by atoms with Gasteiger partial charge in [-0.15, -0.1) is 0 Å². The highest BCUT2D eigenvalue weighted by atomic mass is 19.4. The fourth-order valence-electron chi connectivity index (χ4n) is 4.74. The number of hydrogen-bond acceptors (Lipinski definition) is 6. The first kappa shape index (κ1) is 34.8. The van der Waals surface area contributed by atoms with Gasteiger partial charge in [-0.1, -0.05) is 24.3 Å². The quantitative estimate of drug-likeness (QED) is 0.0463. The van der Waals surface area contributed by atoms with E-state index in [2.05, 4.69) is 0 Å². The van der Waals surface area contributed by atoms with Crippen LogP contribution in [0.4, 0.5) is 33.3 Å². The first-order valence-electron chi connectivity index (χ1n) is 14.9. The summed E-state index contributed by atoms with van der Waals surface area (Å²) < 4.78 is 82.0. The van der Waals surface area contributed by atoms with Gasteiger partial charge in [-0.3, -0.25) is 0 Å². The van der Waals surface area contributed by atoms with Crippen molar-refractivity contribution in [3.8, 4) is 22.6 Å². The smallest absolute Gasteiger partial charge is 0.426 e. The summed E-state index contributed by atoms with van der Waals surface area (Å²) in [6.45, 7) is 2.09. The summed E-state index contributed by atoms with van der Waals surface area (Å²) in [6, 6.07) is 21.7. The summed E-state index contributed by atoms with van der Waals surface area (Å²) in [5, 5.41) is 0. The number of rotatable bonds is 14. The Bertz CT molecular complexity index is 1670. The number of unbranched alkanes of at least 4 members (excludes halogenated alkanes) is 2. The zero-order valence-electron chi connectivity index (χ0n) is 25.7. The molecule has 4 rings (SSSR count). The molecule has 0 unspecified atom stereocenters. The number of anilines is 2. The van der Waals surface area contributed by atoms with Gasteiger partial charge in [-0.2, -0.15) is 22.0 Å². The van der Waals surface area contributed by atoms with Crippen LogP contribution in [-0.2, 0) is 22.2 Å². The van der Waals surface area contributed by atoms with Crippen LogP contribution < -0.4 is 20.9 Å². The highest BCUT2D eigenvalue weighted by Gasteiger charge is 2.34. The molecule has 4 aromatic rings. The molecule has 0 aliphatic heterocycles. The van der Waals surface area contributed by atoms with Gasteiger partial charge in [0.05, 0.1) is 12.2 Å². The lowest BCUT2D eigenvalue weighted by molar-refractivity contribution is -0.185. The molecule has 248 valence electrons. The Kier molecular flexibility index (Phi) is 11.5. The predicted molar refractivity (Wildman–Crippen MR) is 172 cm³/mol. The molecule has 0 saturated carbocycles. The molecule has 4 aromatic carbocycles. The number of esters is 1. The van der Waals surface area contributed by atoms with Crippen molar-refractivity contribution in [2.45, 2.75) is 51.5 Å². The Balaban J connectivity index is 1.27. The number of halogens is 5. The maximum Gasteiger partial charge on any atom is 0.426 e. The van der Waals surface area contributed by atoms with Crippen molar-refractivity contribution in [3.63, 3.8) is 0 Å². The van der Waals surface area contributed by atoms with Crippen LogP contribution in [0.15, 0.2) is 91.0 Å². The molecule has 0 radical (unpaired) electrons. The van der Waals surface area contributed by atoms with E-state index in [9.17, 15) is 26.7 Å². The van der Waals surface area contributed by atoms with Gasteiger partial charge in [0, 0.05) is 23.9 Å². The van der Waals surface area contributed by atoms with Crippen LogP contribution in [0.1, 0.15) is 47.9 Å². The number of carbonyl (C=O) groups excluding carboxylic acids is 1. The number of alkyl halides is 5. The van der Waals surface area contributed by atoms with E-state index in [1.165, 1.54) is 48.6 Å². The summed E-state index contributed by atoms with van der Waals surface area (Å²) in [5.74, 6) is -0.380. The second-order valence-electron chi connectivity index (χ2n) is 10.9. The molecule has 0 spiro atoms. The molecule has 4 N–H and O–H groups in total. The van der Waals surface area contributed by atoms with Crippen LogP contribution >= 0.6 is 0 Å². The Hall–Kier alpha value is -5.06. The highest BCUT2D eigenvalue weighted by molar-refractivity contribution is 5.87. The number of hydrogen-bond donors (Lipinski definition) is 2. The van der Waals surface area contributed by atoms with Gasteiger partial charge in [0.15, 0.2) is 0 Å². The fraction of sp³-hybridized carbons (Fsp3) is 0.250. The normalized spacial score (nSPS) is 11.9. The number of ether oxygens (including phenoxy) is 3. The van der Waals surface area contributed by atoms with E-state index >= 15 is 0 Å². The minimum atomic E-state index is -4.18. The maximum absolute atomic E-state index is 14.8. The molecular formula is C36H35F5N2O4. The van der Waals surface area contributed by atoms with E-state index < -0.39 is 30.2 Å². The van der Waals surface area contributed by atoms with Crippen molar-refractivity contribution < 1.29 is 41.0 Å². The van der Waals surface area contributed by atoms with Gasteiger partial charge in [0.1, 0.15) is 18.1 Å². The van der Waals surface area contributed by atoms with Gasteiger partial charge >= 0.3 is 18.3 Å². The maximum atomic E-state index is 14.8. The standard InChI is InChI=1S/C36H35F5N2O4/c1-24-21-28(42)10-16-32(24)33-17-11-29(43)22-26(33)23-46-34(44)18-7-25-5-12-31(13-6-25)47-36(40,41)27-8-14-30(15-9-27)45-20-4-2-3-19-35(37,38)39/h5-18,21-22H,2-4,19-20,23,42-43H2,1H3/b18-7+. The average Bonchev–Trinajstić information content (AvgIpc) is 3.01. The van der Waals surface area contributed by atoms with E-state index in [1.54, 1.807) is 18.2 Å². The Morgan fingerprint density at radius 1 is 0.766 bits per heavy atom. The van der Waals surface area contributed by atoms with Gasteiger partial charge < -0.3 is 25.7 Å². The van der Waals surface area contributed by atoms with Crippen LogP contribution in [0, 0.1) is 6.92 Å². The van der Waals surface area contributed by atoms with Crippen LogP contribution in [0.5, 0.6) is 11.5 Å². The molecule has 0 heterocycles. The Morgan fingerprint density at radius 3 is 2.06 bits per heavy atom. The summed E-state index contributed by atoms with van der Waals surface area (Å²) in [4.78, 5) is 12.5. The second kappa shape index (κ2) is 15.5. The highest BCUT2D eigenvalue weighted by Crippen LogP contribution is 2.33. The van der Waals surface area contributed by atoms with E-state index in [1.807, 2.05) is 25.1 Å². The average molecular weight is 655 g/mol. The molecule has 6 nitrogen and oxygen atoms in total. The summed E-state index contributed by atoms with van der Waals surface area (Å²) in [7, 11) is 0. The minimum Gasteiger partial charge on any atom is -0.494 e. The Morgan fingerprint density at radius 2 is 1.40 bits per heavy atom. The van der Waals surface area contributed by atoms with Crippen LogP contribution in [0.25, 0.3) is 17.2 Å². The first-order valence-corrected chi connectivity index (χ1v) is 14.9. The number of nitrogen functional groups attached to an aromatic ring is 2. The molecule has 0 aromatic heterocycles. The zero-order valence-corrected chi connectivity index (χ0v) is 25.7. The van der Waals surface area contributed by atoms with Crippen LogP contribution in [-0.4, -0.2) is 18.8 Å². The summed E-state index contributed by atoms with van der Waals surface area (Å²) in [6.07, 6.45) is -5.18. The van der Waals surface area contributed by atoms with E-state index in [0.717, 1.165) is 34.4 Å². The molecule has 0 bridgehead atoms. The van der Waals surface area contributed by atoms with Crippen LogP contribution in [0.3, 0.4) is 0 Å². The largest absolute Gasteiger partial charge is 0.494 e. The topological polar surface area (TPSA) is 96.8 Å². The molecular weight excluding hydrogens is 619 g/mol. The number of benzene rings is 4. The van der Waals surface area contributed by atoms with Gasteiger partial charge in [0.2, 0.25) is 0 Å². The van der Waals surface area contributed by atoms with Crippen molar-refractivity contribution in [3.05, 3.63) is 113 Å². The first-order chi connectivity index (χ1) is 22.3. The van der Waals surface area contributed by atoms with Gasteiger partial charge in [0.25, 0.3) is 0 Å². The zero-order chi connectivity index (χ0) is 34.0. The number of nitrogens with two attached hydrogens (primary N) is 2. The monoisotopic (exact) mass is 654 g/mol. The lowest BCUT2D eigenvalue weighted by Gasteiger charge is -2.18. The lowest BCUT2D eigenvalue weighted by Crippen LogP contribution is -2.21.